The SMILES string of the molecule is C=CCOc1ccc2c3c1O[C@H]1C(=O)CC[C@@]4(O)[C@@H](C2)N(CC=C)CC[C@]314. The molecule has 2 fully saturated rings. The van der Waals surface area contributed by atoms with Gasteiger partial charge in [-0.05, 0) is 30.9 Å². The van der Waals surface area contributed by atoms with Crippen molar-refractivity contribution < 1.29 is 19.4 Å². The van der Waals surface area contributed by atoms with Crippen LogP contribution in [0, 0.1) is 0 Å². The molecule has 2 heterocycles. The van der Waals surface area contributed by atoms with E-state index in [9.17, 15) is 9.90 Å². The van der Waals surface area contributed by atoms with Gasteiger partial charge in [0.05, 0.1) is 11.0 Å². The summed E-state index contributed by atoms with van der Waals surface area (Å²) >= 11 is 0. The average molecular weight is 367 g/mol. The molecule has 1 N–H and O–H groups in total. The topological polar surface area (TPSA) is 59.0 Å². The number of rotatable bonds is 5. The second-order valence-electron chi connectivity index (χ2n) is 8.14. The van der Waals surface area contributed by atoms with Crippen LogP contribution in [0.25, 0.3) is 0 Å². The molecular formula is C22H25NO4. The van der Waals surface area contributed by atoms with Crippen LogP contribution in [-0.4, -0.2) is 53.2 Å². The van der Waals surface area contributed by atoms with E-state index in [1.54, 1.807) is 6.08 Å². The number of ether oxygens (including phenoxy) is 2. The molecule has 1 saturated heterocycles. The summed E-state index contributed by atoms with van der Waals surface area (Å²) < 4.78 is 12.1. The van der Waals surface area contributed by atoms with Crippen LogP contribution in [0.1, 0.15) is 30.4 Å². The molecule has 5 heteroatoms. The minimum atomic E-state index is -0.970. The molecule has 2 aliphatic carbocycles. The van der Waals surface area contributed by atoms with Gasteiger partial charge in [0.2, 0.25) is 0 Å². The second kappa shape index (κ2) is 5.69. The van der Waals surface area contributed by atoms with Gasteiger partial charge in [0.15, 0.2) is 23.4 Å². The number of ketones is 1. The molecule has 0 unspecified atom stereocenters. The van der Waals surface area contributed by atoms with E-state index in [0.717, 1.165) is 30.6 Å². The fraction of sp³-hybridized carbons (Fsp3) is 0.500. The summed E-state index contributed by atoms with van der Waals surface area (Å²) in [5, 5.41) is 12.0. The Morgan fingerprint density at radius 2 is 2.19 bits per heavy atom. The van der Waals surface area contributed by atoms with Crippen LogP contribution in [-0.2, 0) is 16.6 Å². The lowest BCUT2D eigenvalue weighted by Crippen LogP contribution is -2.76. The smallest absolute Gasteiger partial charge is 0.174 e. The molecule has 1 spiro atoms. The Bertz CT molecular complexity index is 849. The van der Waals surface area contributed by atoms with Crippen LogP contribution in [0.2, 0.25) is 0 Å². The van der Waals surface area contributed by atoms with Gasteiger partial charge in [0, 0.05) is 31.1 Å². The molecule has 0 amide bonds. The maximum absolute atomic E-state index is 12.9. The molecule has 0 radical (unpaired) electrons. The molecule has 1 saturated carbocycles. The summed E-state index contributed by atoms with van der Waals surface area (Å²) in [4.78, 5) is 15.2. The van der Waals surface area contributed by atoms with E-state index in [1.165, 1.54) is 0 Å². The van der Waals surface area contributed by atoms with E-state index in [0.29, 0.717) is 37.4 Å². The largest absolute Gasteiger partial charge is 0.486 e. The molecular weight excluding hydrogens is 342 g/mol. The van der Waals surface area contributed by atoms with Gasteiger partial charge in [-0.25, -0.2) is 0 Å². The minimum absolute atomic E-state index is 0.0261. The first-order valence-electron chi connectivity index (χ1n) is 9.73. The quantitative estimate of drug-likeness (QED) is 0.809. The summed E-state index contributed by atoms with van der Waals surface area (Å²) in [6, 6.07) is 3.98. The Kier molecular flexibility index (Phi) is 3.59. The van der Waals surface area contributed by atoms with Crippen molar-refractivity contribution in [3.8, 4) is 11.5 Å². The van der Waals surface area contributed by atoms with Gasteiger partial charge in [-0.2, -0.15) is 0 Å². The first kappa shape index (κ1) is 17.0. The predicted molar refractivity (Wildman–Crippen MR) is 101 cm³/mol. The molecule has 5 nitrogen and oxygen atoms in total. The van der Waals surface area contributed by atoms with Crippen LogP contribution >= 0.6 is 0 Å². The van der Waals surface area contributed by atoms with Gasteiger partial charge >= 0.3 is 0 Å². The normalized spacial score (nSPS) is 36.0. The number of nitrogens with zero attached hydrogens (tertiary/aromatic N) is 1. The third-order valence-electron chi connectivity index (χ3n) is 7.07. The Morgan fingerprint density at radius 1 is 1.33 bits per heavy atom. The predicted octanol–water partition coefficient (Wildman–Crippen LogP) is 2.16. The van der Waals surface area contributed by atoms with Crippen molar-refractivity contribution in [3.05, 3.63) is 48.6 Å². The Balaban J connectivity index is 1.73. The summed E-state index contributed by atoms with van der Waals surface area (Å²) in [6.45, 7) is 9.53. The van der Waals surface area contributed by atoms with E-state index >= 15 is 0 Å². The fourth-order valence-corrected chi connectivity index (χ4v) is 6.05. The molecule has 5 rings (SSSR count). The molecule has 2 bridgehead atoms. The lowest BCUT2D eigenvalue weighted by Gasteiger charge is -2.62. The van der Waals surface area contributed by atoms with Crippen molar-refractivity contribution >= 4 is 5.78 Å². The summed E-state index contributed by atoms with van der Waals surface area (Å²) in [6.07, 6.45) is 5.26. The fourth-order valence-electron chi connectivity index (χ4n) is 6.05. The number of hydrogen-bond donors (Lipinski definition) is 1. The number of piperidine rings is 1. The number of hydrogen-bond acceptors (Lipinski definition) is 5. The van der Waals surface area contributed by atoms with Crippen LogP contribution in [0.3, 0.4) is 0 Å². The monoisotopic (exact) mass is 367 g/mol. The standard InChI is InChI=1S/C22H25NO4/c1-3-10-23-11-9-21-18-14-5-6-16(26-12-4-2)19(18)27-20(21)15(24)7-8-22(21,25)17(23)13-14/h3-6,17,20,25H,1-2,7-13H2/t17-,20+,21+,22-/m1/s1. The maximum atomic E-state index is 12.9. The number of aliphatic hydroxyl groups is 1. The lowest BCUT2D eigenvalue weighted by molar-refractivity contribution is -0.187. The number of carbonyl (C=O) groups excluding carboxylic acids is 1. The Labute approximate surface area is 159 Å². The van der Waals surface area contributed by atoms with Crippen LogP contribution in [0.15, 0.2) is 37.4 Å². The molecule has 27 heavy (non-hydrogen) atoms. The van der Waals surface area contributed by atoms with Crippen LogP contribution < -0.4 is 9.47 Å². The highest BCUT2D eigenvalue weighted by atomic mass is 16.5. The van der Waals surface area contributed by atoms with Crippen molar-refractivity contribution in [2.75, 3.05) is 19.7 Å². The van der Waals surface area contributed by atoms with Crippen LogP contribution in [0.5, 0.6) is 11.5 Å². The number of benzene rings is 1. The molecule has 1 aromatic rings. The maximum Gasteiger partial charge on any atom is 0.174 e. The number of Topliss-reactive ketones (excluding diaryl/α,β-unsaturated/α-hetero) is 1. The number of carbonyl (C=O) groups is 1. The summed E-state index contributed by atoms with van der Waals surface area (Å²) in [7, 11) is 0. The molecule has 0 aromatic heterocycles. The molecule has 4 atom stereocenters. The van der Waals surface area contributed by atoms with Gasteiger partial charge in [-0.15, -0.1) is 6.58 Å². The highest BCUT2D eigenvalue weighted by Gasteiger charge is 2.73. The van der Waals surface area contributed by atoms with Gasteiger partial charge in [-0.1, -0.05) is 24.8 Å². The zero-order valence-corrected chi connectivity index (χ0v) is 15.4. The van der Waals surface area contributed by atoms with Crippen molar-refractivity contribution in [3.63, 3.8) is 0 Å². The lowest BCUT2D eigenvalue weighted by atomic mass is 9.49. The second-order valence-corrected chi connectivity index (χ2v) is 8.14. The molecule has 142 valence electrons. The average Bonchev–Trinajstić information content (AvgIpc) is 3.01. The van der Waals surface area contributed by atoms with E-state index in [-0.39, 0.29) is 11.8 Å². The third kappa shape index (κ3) is 1.94. The van der Waals surface area contributed by atoms with E-state index < -0.39 is 17.1 Å². The molecule has 4 aliphatic rings. The Morgan fingerprint density at radius 3 is 2.96 bits per heavy atom. The zero-order chi connectivity index (χ0) is 18.8. The summed E-state index contributed by atoms with van der Waals surface area (Å²) in [5.74, 6) is 1.39. The molecule has 1 aromatic carbocycles. The molecule has 2 aliphatic heterocycles. The zero-order valence-electron chi connectivity index (χ0n) is 15.4. The van der Waals surface area contributed by atoms with Crippen LogP contribution in [0.4, 0.5) is 0 Å². The minimum Gasteiger partial charge on any atom is -0.486 e. The van der Waals surface area contributed by atoms with Gasteiger partial charge in [0.25, 0.3) is 0 Å². The van der Waals surface area contributed by atoms with E-state index in [2.05, 4.69) is 24.1 Å². The number of likely N-dealkylation sites (tertiary alicyclic amines) is 1. The highest BCUT2D eigenvalue weighted by Crippen LogP contribution is 2.64. The van der Waals surface area contributed by atoms with E-state index in [4.69, 9.17) is 9.47 Å². The van der Waals surface area contributed by atoms with Crippen molar-refractivity contribution in [2.24, 2.45) is 0 Å². The Hall–Kier alpha value is -2.11. The van der Waals surface area contributed by atoms with Gasteiger partial charge in [-0.3, -0.25) is 9.69 Å². The van der Waals surface area contributed by atoms with Crippen molar-refractivity contribution in [1.82, 2.24) is 4.90 Å². The van der Waals surface area contributed by atoms with Gasteiger partial charge in [0.1, 0.15) is 6.61 Å². The van der Waals surface area contributed by atoms with Crippen molar-refractivity contribution in [1.29, 1.82) is 0 Å². The third-order valence-corrected chi connectivity index (χ3v) is 7.07. The summed E-state index contributed by atoms with van der Waals surface area (Å²) in [5.41, 5.74) is 0.541. The van der Waals surface area contributed by atoms with Gasteiger partial charge < -0.3 is 14.6 Å². The highest BCUT2D eigenvalue weighted by molar-refractivity contribution is 5.90. The first-order chi connectivity index (χ1) is 13.1. The first-order valence-corrected chi connectivity index (χ1v) is 9.73. The van der Waals surface area contributed by atoms with E-state index in [1.807, 2.05) is 12.1 Å². The van der Waals surface area contributed by atoms with Crippen molar-refractivity contribution in [2.45, 2.75) is 48.8 Å².